The molecule has 1 spiro atoms. The Morgan fingerprint density at radius 2 is 1.64 bits per heavy atom. The van der Waals surface area contributed by atoms with Gasteiger partial charge in [-0.1, -0.05) is 73.0 Å². The van der Waals surface area contributed by atoms with Gasteiger partial charge in [0.05, 0.1) is 0 Å². The van der Waals surface area contributed by atoms with Gasteiger partial charge in [-0.3, -0.25) is 0 Å². The summed E-state index contributed by atoms with van der Waals surface area (Å²) in [5.74, 6) is 0. The summed E-state index contributed by atoms with van der Waals surface area (Å²) in [6.07, 6.45) is 5.33. The minimum absolute atomic E-state index is 0.278. The van der Waals surface area contributed by atoms with E-state index < -0.39 is 0 Å². The van der Waals surface area contributed by atoms with E-state index in [2.05, 4.69) is 61.5 Å². The quantitative estimate of drug-likeness (QED) is 0.475. The highest BCUT2D eigenvalue weighted by molar-refractivity contribution is 5.97. The third-order valence-electron chi connectivity index (χ3n) is 5.84. The maximum atomic E-state index is 2.38. The van der Waals surface area contributed by atoms with Crippen molar-refractivity contribution < 1.29 is 0 Å². The third-order valence-corrected chi connectivity index (χ3v) is 5.84. The maximum absolute atomic E-state index is 2.38. The van der Waals surface area contributed by atoms with Gasteiger partial charge in [0.15, 0.2) is 0 Å². The molecular formula is C22H20. The van der Waals surface area contributed by atoms with E-state index in [1.165, 1.54) is 53.1 Å². The lowest BCUT2D eigenvalue weighted by Crippen LogP contribution is -2.20. The van der Waals surface area contributed by atoms with E-state index in [4.69, 9.17) is 0 Å². The van der Waals surface area contributed by atoms with Crippen LogP contribution in [-0.2, 0) is 5.41 Å². The number of fused-ring (bicyclic) bond motifs is 7. The zero-order chi connectivity index (χ0) is 14.7. The summed E-state index contributed by atoms with van der Waals surface area (Å²) in [6, 6.07) is 20.7. The summed E-state index contributed by atoms with van der Waals surface area (Å²) in [7, 11) is 0. The summed E-state index contributed by atoms with van der Waals surface area (Å²) >= 11 is 0. The van der Waals surface area contributed by atoms with Gasteiger partial charge < -0.3 is 0 Å². The molecule has 0 unspecified atom stereocenters. The molecule has 1 saturated carbocycles. The molecular weight excluding hydrogens is 264 g/mol. The molecule has 0 aliphatic heterocycles. The molecule has 0 heteroatoms. The van der Waals surface area contributed by atoms with Gasteiger partial charge in [-0.25, -0.2) is 0 Å². The average Bonchev–Trinajstić information content (AvgIpc) is 3.13. The topological polar surface area (TPSA) is 0 Å². The fraction of sp³-hybridized carbons (Fsp3) is 0.273. The summed E-state index contributed by atoms with van der Waals surface area (Å²) in [5.41, 5.74) is 7.78. The highest BCUT2D eigenvalue weighted by Gasteiger charge is 2.45. The fourth-order valence-corrected chi connectivity index (χ4v) is 4.96. The standard InChI is InChI=1S/C22H20/c1-15-8-10-17-16(14-15)9-11-19-18-6-2-3-7-20(18)22(21(17)19)12-4-5-13-22/h2-3,6-11,14H,4-5,12-13H2,1H3. The van der Waals surface area contributed by atoms with Crippen LogP contribution in [0.1, 0.15) is 42.4 Å². The van der Waals surface area contributed by atoms with Crippen LogP contribution in [0.2, 0.25) is 0 Å². The first kappa shape index (κ1) is 12.5. The molecule has 2 aliphatic carbocycles. The lowest BCUT2D eigenvalue weighted by molar-refractivity contribution is 0.554. The molecule has 108 valence electrons. The summed E-state index contributed by atoms with van der Waals surface area (Å²) < 4.78 is 0. The smallest absolute Gasteiger partial charge is 0.0221 e. The normalized spacial score (nSPS) is 17.9. The highest BCUT2D eigenvalue weighted by atomic mass is 14.5. The van der Waals surface area contributed by atoms with Gasteiger partial charge in [0.2, 0.25) is 0 Å². The molecule has 0 N–H and O–H groups in total. The van der Waals surface area contributed by atoms with Crippen molar-refractivity contribution >= 4 is 10.8 Å². The Labute approximate surface area is 131 Å². The van der Waals surface area contributed by atoms with Gasteiger partial charge in [0, 0.05) is 5.41 Å². The predicted octanol–water partition coefficient (Wildman–Crippen LogP) is 5.99. The fourth-order valence-electron chi connectivity index (χ4n) is 4.96. The van der Waals surface area contributed by atoms with Crippen LogP contribution >= 0.6 is 0 Å². The number of hydrogen-bond acceptors (Lipinski definition) is 0. The molecule has 2 aliphatic rings. The minimum Gasteiger partial charge on any atom is -0.0619 e. The lowest BCUT2D eigenvalue weighted by atomic mass is 9.75. The second-order valence-electron chi connectivity index (χ2n) is 7.05. The highest BCUT2D eigenvalue weighted by Crippen LogP contribution is 2.58. The second-order valence-corrected chi connectivity index (χ2v) is 7.05. The van der Waals surface area contributed by atoms with Crippen LogP contribution < -0.4 is 0 Å². The summed E-state index contributed by atoms with van der Waals surface area (Å²) in [6.45, 7) is 2.19. The Kier molecular flexibility index (Phi) is 2.39. The van der Waals surface area contributed by atoms with Crippen LogP contribution in [0.15, 0.2) is 54.6 Å². The van der Waals surface area contributed by atoms with Crippen molar-refractivity contribution in [2.75, 3.05) is 0 Å². The molecule has 1 fully saturated rings. The van der Waals surface area contributed by atoms with E-state index >= 15 is 0 Å². The van der Waals surface area contributed by atoms with Crippen molar-refractivity contribution in [2.45, 2.75) is 38.0 Å². The molecule has 0 bridgehead atoms. The largest absolute Gasteiger partial charge is 0.0619 e. The average molecular weight is 284 g/mol. The Hall–Kier alpha value is -2.08. The van der Waals surface area contributed by atoms with Crippen molar-refractivity contribution in [1.82, 2.24) is 0 Å². The first-order chi connectivity index (χ1) is 10.8. The molecule has 0 radical (unpaired) electrons. The maximum Gasteiger partial charge on any atom is 0.0221 e. The van der Waals surface area contributed by atoms with Crippen LogP contribution in [0.25, 0.3) is 21.9 Å². The molecule has 5 rings (SSSR count). The Balaban J connectivity index is 1.94. The van der Waals surface area contributed by atoms with Gasteiger partial charge in [0.1, 0.15) is 0 Å². The molecule has 0 nitrogen and oxygen atoms in total. The van der Waals surface area contributed by atoms with Gasteiger partial charge >= 0.3 is 0 Å². The van der Waals surface area contributed by atoms with Gasteiger partial charge in [-0.15, -0.1) is 0 Å². The van der Waals surface area contributed by atoms with Crippen LogP contribution in [0.4, 0.5) is 0 Å². The van der Waals surface area contributed by atoms with Gasteiger partial charge in [-0.2, -0.15) is 0 Å². The van der Waals surface area contributed by atoms with Gasteiger partial charge in [0.25, 0.3) is 0 Å². The molecule has 22 heavy (non-hydrogen) atoms. The molecule has 0 aromatic heterocycles. The number of aryl methyl sites for hydroxylation is 1. The van der Waals surface area contributed by atoms with Crippen LogP contribution in [-0.4, -0.2) is 0 Å². The Morgan fingerprint density at radius 1 is 0.818 bits per heavy atom. The van der Waals surface area contributed by atoms with Crippen molar-refractivity contribution in [3.63, 3.8) is 0 Å². The molecule has 0 saturated heterocycles. The molecule has 3 aromatic rings. The van der Waals surface area contributed by atoms with Crippen LogP contribution in [0, 0.1) is 6.92 Å². The monoisotopic (exact) mass is 284 g/mol. The minimum atomic E-state index is 0.278. The van der Waals surface area contributed by atoms with Crippen LogP contribution in [0.3, 0.4) is 0 Å². The van der Waals surface area contributed by atoms with E-state index in [-0.39, 0.29) is 5.41 Å². The first-order valence-corrected chi connectivity index (χ1v) is 8.43. The zero-order valence-corrected chi connectivity index (χ0v) is 13.0. The Morgan fingerprint density at radius 3 is 2.50 bits per heavy atom. The predicted molar refractivity (Wildman–Crippen MR) is 93.4 cm³/mol. The van der Waals surface area contributed by atoms with Crippen molar-refractivity contribution in [3.05, 3.63) is 71.3 Å². The number of benzene rings is 3. The SMILES string of the molecule is Cc1ccc2c3c(ccc2c1)-c1ccccc1C31CCCC1. The van der Waals surface area contributed by atoms with E-state index in [9.17, 15) is 0 Å². The second kappa shape index (κ2) is 4.23. The molecule has 3 aromatic carbocycles. The molecule has 0 atom stereocenters. The van der Waals surface area contributed by atoms with E-state index in [0.29, 0.717) is 0 Å². The van der Waals surface area contributed by atoms with Crippen molar-refractivity contribution in [3.8, 4) is 11.1 Å². The third kappa shape index (κ3) is 1.43. The van der Waals surface area contributed by atoms with E-state index in [1.54, 1.807) is 11.1 Å². The number of rotatable bonds is 0. The van der Waals surface area contributed by atoms with E-state index in [0.717, 1.165) is 0 Å². The Bertz CT molecular complexity index is 895. The van der Waals surface area contributed by atoms with Crippen molar-refractivity contribution in [1.29, 1.82) is 0 Å². The lowest BCUT2D eigenvalue weighted by Gasteiger charge is -2.27. The first-order valence-electron chi connectivity index (χ1n) is 8.43. The zero-order valence-electron chi connectivity index (χ0n) is 13.0. The summed E-state index contributed by atoms with van der Waals surface area (Å²) in [4.78, 5) is 0. The molecule has 0 amide bonds. The van der Waals surface area contributed by atoms with Crippen LogP contribution in [0.5, 0.6) is 0 Å². The number of hydrogen-bond donors (Lipinski definition) is 0. The summed E-state index contributed by atoms with van der Waals surface area (Å²) in [5, 5.41) is 2.87. The van der Waals surface area contributed by atoms with Gasteiger partial charge in [-0.05, 0) is 52.8 Å². The molecule has 0 heterocycles. The van der Waals surface area contributed by atoms with E-state index in [1.807, 2.05) is 0 Å². The van der Waals surface area contributed by atoms with Crippen molar-refractivity contribution in [2.24, 2.45) is 0 Å².